The van der Waals surface area contributed by atoms with Gasteiger partial charge >= 0.3 is 12.0 Å². The Morgan fingerprint density at radius 3 is 2.31 bits per heavy atom. The van der Waals surface area contributed by atoms with Gasteiger partial charge in [0.15, 0.2) is 16.7 Å². The van der Waals surface area contributed by atoms with E-state index in [0.29, 0.717) is 28.6 Å². The molecule has 168 valence electrons. The lowest BCUT2D eigenvalue weighted by molar-refractivity contribution is -0.136. The van der Waals surface area contributed by atoms with Gasteiger partial charge in [0.2, 0.25) is 0 Å². The van der Waals surface area contributed by atoms with Crippen molar-refractivity contribution < 1.29 is 23.1 Å². The van der Waals surface area contributed by atoms with Crippen molar-refractivity contribution in [2.75, 3.05) is 24.3 Å². The van der Waals surface area contributed by atoms with E-state index in [2.05, 4.69) is 16.0 Å². The van der Waals surface area contributed by atoms with Crippen molar-refractivity contribution >= 4 is 40.7 Å². The van der Waals surface area contributed by atoms with E-state index < -0.39 is 29.7 Å². The molecule has 0 saturated carbocycles. The number of nitrogens with zero attached hydrogens (tertiary/aromatic N) is 1. The Balaban J connectivity index is 1.77. The Bertz CT molecular complexity index is 1090. The summed E-state index contributed by atoms with van der Waals surface area (Å²) in [7, 11) is 1.32. The minimum atomic E-state index is -1.06. The average Bonchev–Trinajstić information content (AvgIpc) is 2.76. The van der Waals surface area contributed by atoms with Gasteiger partial charge < -0.3 is 25.6 Å². The summed E-state index contributed by atoms with van der Waals surface area (Å²) in [5.41, 5.74) is 2.47. The number of urea groups is 1. The number of esters is 1. The topological polar surface area (TPSA) is 82.7 Å². The van der Waals surface area contributed by atoms with Crippen molar-refractivity contribution in [2.45, 2.75) is 19.9 Å². The zero-order valence-corrected chi connectivity index (χ0v) is 18.5. The van der Waals surface area contributed by atoms with Crippen LogP contribution in [0, 0.1) is 11.6 Å². The number of amides is 2. The lowest BCUT2D eigenvalue weighted by atomic mass is 9.95. The summed E-state index contributed by atoms with van der Waals surface area (Å²) in [5, 5.41) is 8.70. The number of hydrogen-bond donors (Lipinski definition) is 3. The number of methoxy groups -OCH3 is 1. The molecule has 0 fully saturated rings. The first-order chi connectivity index (χ1) is 15.2. The van der Waals surface area contributed by atoms with E-state index in [4.69, 9.17) is 17.0 Å². The summed E-state index contributed by atoms with van der Waals surface area (Å²) in [6.07, 6.45) is 0. The van der Waals surface area contributed by atoms with Crippen molar-refractivity contribution in [2.24, 2.45) is 0 Å². The van der Waals surface area contributed by atoms with Gasteiger partial charge in [0.1, 0.15) is 0 Å². The molecule has 2 aromatic rings. The van der Waals surface area contributed by atoms with Crippen molar-refractivity contribution in [1.82, 2.24) is 10.2 Å². The van der Waals surface area contributed by atoms with Crippen LogP contribution in [0.25, 0.3) is 0 Å². The quantitative estimate of drug-likeness (QED) is 0.456. The molecule has 1 heterocycles. The number of ether oxygens (including phenoxy) is 1. The number of halogens is 2. The van der Waals surface area contributed by atoms with E-state index in [9.17, 15) is 18.4 Å². The fourth-order valence-electron chi connectivity index (χ4n) is 3.41. The predicted molar refractivity (Wildman–Crippen MR) is 121 cm³/mol. The lowest BCUT2D eigenvalue weighted by Gasteiger charge is -2.36. The van der Waals surface area contributed by atoms with Crippen LogP contribution in [0.3, 0.4) is 0 Å². The largest absolute Gasteiger partial charge is 0.466 e. The maximum Gasteiger partial charge on any atom is 0.337 e. The van der Waals surface area contributed by atoms with Crippen LogP contribution in [0.15, 0.2) is 53.7 Å². The van der Waals surface area contributed by atoms with Gasteiger partial charge in [0, 0.05) is 29.7 Å². The SMILES string of the molecule is CCN1C(=S)NC(c2ccc(NC(=O)Nc3ccc(F)c(F)c3)cc2)C(C(=O)OC)=C1C. The molecular weight excluding hydrogens is 438 g/mol. The molecule has 0 saturated heterocycles. The fraction of sp³-hybridized carbons (Fsp3) is 0.227. The Morgan fingerprint density at radius 2 is 1.72 bits per heavy atom. The normalized spacial score (nSPS) is 15.8. The van der Waals surface area contributed by atoms with Gasteiger partial charge in [-0.25, -0.2) is 18.4 Å². The van der Waals surface area contributed by atoms with E-state index in [0.717, 1.165) is 17.7 Å². The third-order valence-electron chi connectivity index (χ3n) is 5.00. The minimum absolute atomic E-state index is 0.113. The van der Waals surface area contributed by atoms with Crippen LogP contribution >= 0.6 is 12.2 Å². The van der Waals surface area contributed by atoms with Crippen molar-refractivity contribution in [1.29, 1.82) is 0 Å². The maximum absolute atomic E-state index is 13.3. The van der Waals surface area contributed by atoms with Crippen LogP contribution in [-0.4, -0.2) is 35.7 Å². The Morgan fingerprint density at radius 1 is 1.09 bits per heavy atom. The summed E-state index contributed by atoms with van der Waals surface area (Å²) >= 11 is 5.43. The minimum Gasteiger partial charge on any atom is -0.466 e. The van der Waals surface area contributed by atoms with Crippen molar-refractivity contribution in [3.63, 3.8) is 0 Å². The highest BCUT2D eigenvalue weighted by molar-refractivity contribution is 7.80. The molecule has 0 aromatic heterocycles. The van der Waals surface area contributed by atoms with Crippen molar-refractivity contribution in [3.05, 3.63) is 70.9 Å². The molecule has 0 aliphatic carbocycles. The first-order valence-corrected chi connectivity index (χ1v) is 10.2. The molecule has 1 unspecified atom stereocenters. The first-order valence-electron chi connectivity index (χ1n) is 9.75. The molecule has 10 heteroatoms. The van der Waals surface area contributed by atoms with Crippen LogP contribution < -0.4 is 16.0 Å². The fourth-order valence-corrected chi connectivity index (χ4v) is 3.80. The highest BCUT2D eigenvalue weighted by Crippen LogP contribution is 2.31. The molecule has 2 aromatic carbocycles. The van der Waals surface area contributed by atoms with Crippen LogP contribution in [0.2, 0.25) is 0 Å². The number of nitrogens with one attached hydrogen (secondary N) is 3. The molecule has 32 heavy (non-hydrogen) atoms. The Kier molecular flexibility index (Phi) is 7.04. The number of rotatable bonds is 5. The zero-order valence-electron chi connectivity index (χ0n) is 17.7. The molecule has 7 nitrogen and oxygen atoms in total. The van der Waals surface area contributed by atoms with E-state index >= 15 is 0 Å². The highest BCUT2D eigenvalue weighted by Gasteiger charge is 2.33. The zero-order chi connectivity index (χ0) is 23.4. The van der Waals surface area contributed by atoms with Crippen LogP contribution in [0.1, 0.15) is 25.5 Å². The molecule has 0 radical (unpaired) electrons. The summed E-state index contributed by atoms with van der Waals surface area (Å²) < 4.78 is 31.3. The number of allylic oxidation sites excluding steroid dienone is 1. The molecule has 0 bridgehead atoms. The first kappa shape index (κ1) is 23.1. The summed E-state index contributed by atoms with van der Waals surface area (Å²) in [4.78, 5) is 26.4. The van der Waals surface area contributed by atoms with Gasteiger partial charge in [-0.3, -0.25) is 0 Å². The highest BCUT2D eigenvalue weighted by atomic mass is 32.1. The van der Waals surface area contributed by atoms with Gasteiger partial charge in [-0.15, -0.1) is 0 Å². The Labute approximate surface area is 189 Å². The van der Waals surface area contributed by atoms with E-state index in [1.165, 1.54) is 13.2 Å². The maximum atomic E-state index is 13.3. The monoisotopic (exact) mass is 460 g/mol. The number of hydrogen-bond acceptors (Lipinski definition) is 4. The second-order valence-corrected chi connectivity index (χ2v) is 7.33. The lowest BCUT2D eigenvalue weighted by Crippen LogP contribution is -2.47. The van der Waals surface area contributed by atoms with Gasteiger partial charge in [-0.2, -0.15) is 0 Å². The Hall–Kier alpha value is -3.53. The van der Waals surface area contributed by atoms with Crippen LogP contribution in [0.5, 0.6) is 0 Å². The van der Waals surface area contributed by atoms with Gasteiger partial charge in [-0.1, -0.05) is 12.1 Å². The molecule has 1 aliphatic heterocycles. The molecule has 1 aliphatic rings. The summed E-state index contributed by atoms with van der Waals surface area (Å²) in [6.45, 7) is 4.34. The molecule has 2 amide bonds. The summed E-state index contributed by atoms with van der Waals surface area (Å²) in [6, 6.07) is 8.72. The smallest absolute Gasteiger partial charge is 0.337 e. The van der Waals surface area contributed by atoms with Gasteiger partial charge in [-0.05, 0) is 55.9 Å². The molecule has 3 N–H and O–H groups in total. The van der Waals surface area contributed by atoms with E-state index in [1.807, 2.05) is 18.7 Å². The van der Waals surface area contributed by atoms with Gasteiger partial charge in [0.05, 0.1) is 18.7 Å². The van der Waals surface area contributed by atoms with Crippen molar-refractivity contribution in [3.8, 4) is 0 Å². The number of carbonyl (C=O) groups excluding carboxylic acids is 2. The number of benzene rings is 2. The number of thiocarbonyl (C=S) groups is 1. The van der Waals surface area contributed by atoms with E-state index in [1.54, 1.807) is 24.3 Å². The number of anilines is 2. The third-order valence-corrected chi connectivity index (χ3v) is 5.34. The standard InChI is InChI=1S/C22H22F2N4O3S/c1-4-28-12(2)18(20(29)31-3)19(27-22(28)32)13-5-7-14(8-6-13)25-21(30)26-15-9-10-16(23)17(24)11-15/h5-11,19H,4H2,1-3H3,(H,27,32)(H2,25,26,30). The predicted octanol–water partition coefficient (Wildman–Crippen LogP) is 4.31. The summed E-state index contributed by atoms with van der Waals surface area (Å²) in [5.74, 6) is -2.52. The molecule has 3 rings (SSSR count). The van der Waals surface area contributed by atoms with Gasteiger partial charge in [0.25, 0.3) is 0 Å². The second kappa shape index (κ2) is 9.73. The molecule has 0 spiro atoms. The van der Waals surface area contributed by atoms with Crippen LogP contribution in [-0.2, 0) is 9.53 Å². The number of carbonyl (C=O) groups is 2. The van der Waals surface area contributed by atoms with Crippen LogP contribution in [0.4, 0.5) is 25.0 Å². The second-order valence-electron chi connectivity index (χ2n) is 6.95. The molecular formula is C22H22F2N4O3S. The van der Waals surface area contributed by atoms with E-state index in [-0.39, 0.29) is 5.69 Å². The third kappa shape index (κ3) is 4.86. The molecule has 1 atom stereocenters. The average molecular weight is 461 g/mol.